The van der Waals surface area contributed by atoms with E-state index in [0.29, 0.717) is 23.3 Å². The molecule has 0 saturated carbocycles. The summed E-state index contributed by atoms with van der Waals surface area (Å²) in [5, 5.41) is 9.46. The van der Waals surface area contributed by atoms with E-state index in [1.165, 1.54) is 0 Å². The van der Waals surface area contributed by atoms with Gasteiger partial charge in [-0.2, -0.15) is 0 Å². The molecule has 0 bridgehead atoms. The third-order valence-electron chi connectivity index (χ3n) is 1.47. The van der Waals surface area contributed by atoms with Gasteiger partial charge in [0.15, 0.2) is 0 Å². The van der Waals surface area contributed by atoms with Gasteiger partial charge in [-0.3, -0.25) is 4.79 Å². The molecule has 0 spiro atoms. The second kappa shape index (κ2) is 3.52. The van der Waals surface area contributed by atoms with Crippen molar-refractivity contribution in [2.24, 2.45) is 0 Å². The standard InChI is InChI=1S/C8H9N3O/c9-4-6-3-7(11-5-12)1-2-8(6)10/h1-5,9H,10H2,(H,11,12). The van der Waals surface area contributed by atoms with Gasteiger partial charge in [0.2, 0.25) is 6.41 Å². The summed E-state index contributed by atoms with van der Waals surface area (Å²) in [6, 6.07) is 4.96. The summed E-state index contributed by atoms with van der Waals surface area (Å²) in [7, 11) is 0. The molecule has 62 valence electrons. The van der Waals surface area contributed by atoms with Gasteiger partial charge in [-0.1, -0.05) is 0 Å². The van der Waals surface area contributed by atoms with Crippen LogP contribution in [-0.4, -0.2) is 12.6 Å². The Balaban J connectivity index is 3.04. The van der Waals surface area contributed by atoms with Crippen LogP contribution in [0.25, 0.3) is 0 Å². The zero-order valence-corrected chi connectivity index (χ0v) is 6.37. The minimum atomic E-state index is 0.529. The van der Waals surface area contributed by atoms with Gasteiger partial charge in [0.1, 0.15) is 0 Å². The van der Waals surface area contributed by atoms with Crippen molar-refractivity contribution < 1.29 is 4.79 Å². The first-order valence-electron chi connectivity index (χ1n) is 3.38. The maximum atomic E-state index is 10.1. The highest BCUT2D eigenvalue weighted by Gasteiger charge is 1.96. The number of hydrogen-bond acceptors (Lipinski definition) is 3. The van der Waals surface area contributed by atoms with Crippen LogP contribution in [0.1, 0.15) is 5.56 Å². The Bertz CT molecular complexity index is 309. The van der Waals surface area contributed by atoms with E-state index < -0.39 is 0 Å². The van der Waals surface area contributed by atoms with E-state index in [1.807, 2.05) is 0 Å². The zero-order chi connectivity index (χ0) is 8.97. The molecule has 1 aromatic rings. The van der Waals surface area contributed by atoms with Gasteiger partial charge in [0.25, 0.3) is 0 Å². The molecule has 1 rings (SSSR count). The smallest absolute Gasteiger partial charge is 0.211 e. The highest BCUT2D eigenvalue weighted by Crippen LogP contribution is 2.14. The Morgan fingerprint density at radius 3 is 2.83 bits per heavy atom. The van der Waals surface area contributed by atoms with Crippen molar-refractivity contribution >= 4 is 24.0 Å². The van der Waals surface area contributed by atoms with Crippen molar-refractivity contribution in [1.82, 2.24) is 0 Å². The van der Waals surface area contributed by atoms with Crippen LogP contribution >= 0.6 is 0 Å². The molecule has 0 aromatic heterocycles. The molecule has 0 atom stereocenters. The number of hydrogen-bond donors (Lipinski definition) is 3. The monoisotopic (exact) mass is 163 g/mol. The average Bonchev–Trinajstić information content (AvgIpc) is 2.09. The third kappa shape index (κ3) is 1.60. The average molecular weight is 163 g/mol. The molecule has 0 aliphatic heterocycles. The van der Waals surface area contributed by atoms with Gasteiger partial charge in [0.05, 0.1) is 0 Å². The molecular weight excluding hydrogens is 154 g/mol. The highest BCUT2D eigenvalue weighted by molar-refractivity contribution is 5.88. The molecule has 0 aliphatic carbocycles. The SMILES string of the molecule is N=Cc1cc(NC=O)ccc1N. The maximum absolute atomic E-state index is 10.1. The van der Waals surface area contributed by atoms with Crippen LogP contribution in [0.5, 0.6) is 0 Å². The predicted molar refractivity (Wildman–Crippen MR) is 48.4 cm³/mol. The van der Waals surface area contributed by atoms with Crippen molar-refractivity contribution in [3.63, 3.8) is 0 Å². The normalized spacial score (nSPS) is 9.00. The minimum Gasteiger partial charge on any atom is -0.398 e. The van der Waals surface area contributed by atoms with Crippen molar-refractivity contribution in [2.75, 3.05) is 11.1 Å². The maximum Gasteiger partial charge on any atom is 0.211 e. The topological polar surface area (TPSA) is 79.0 Å². The number of benzene rings is 1. The lowest BCUT2D eigenvalue weighted by Gasteiger charge is -2.02. The number of nitrogen functional groups attached to an aromatic ring is 1. The Labute approximate surface area is 69.9 Å². The summed E-state index contributed by atoms with van der Waals surface area (Å²) in [6.07, 6.45) is 1.73. The molecule has 0 radical (unpaired) electrons. The zero-order valence-electron chi connectivity index (χ0n) is 6.37. The lowest BCUT2D eigenvalue weighted by atomic mass is 10.2. The molecule has 4 heteroatoms. The molecular formula is C8H9N3O. The number of nitrogens with one attached hydrogen (secondary N) is 2. The molecule has 0 saturated heterocycles. The number of carbonyl (C=O) groups is 1. The molecule has 1 aromatic carbocycles. The van der Waals surface area contributed by atoms with Gasteiger partial charge in [0, 0.05) is 23.2 Å². The van der Waals surface area contributed by atoms with Crippen LogP contribution in [0.2, 0.25) is 0 Å². The van der Waals surface area contributed by atoms with Gasteiger partial charge in [-0.05, 0) is 18.2 Å². The van der Waals surface area contributed by atoms with E-state index in [0.717, 1.165) is 6.21 Å². The van der Waals surface area contributed by atoms with Crippen molar-refractivity contribution in [2.45, 2.75) is 0 Å². The van der Waals surface area contributed by atoms with Gasteiger partial charge >= 0.3 is 0 Å². The largest absolute Gasteiger partial charge is 0.398 e. The second-order valence-electron chi connectivity index (χ2n) is 2.25. The molecule has 0 aliphatic rings. The van der Waals surface area contributed by atoms with E-state index >= 15 is 0 Å². The number of anilines is 2. The second-order valence-corrected chi connectivity index (χ2v) is 2.25. The van der Waals surface area contributed by atoms with E-state index in [2.05, 4.69) is 5.32 Å². The lowest BCUT2D eigenvalue weighted by molar-refractivity contribution is -0.105. The van der Waals surface area contributed by atoms with Crippen LogP contribution in [0.4, 0.5) is 11.4 Å². The highest BCUT2D eigenvalue weighted by atomic mass is 16.1. The van der Waals surface area contributed by atoms with Gasteiger partial charge in [-0.15, -0.1) is 0 Å². The molecule has 0 fully saturated rings. The summed E-state index contributed by atoms with van der Waals surface area (Å²) >= 11 is 0. The van der Waals surface area contributed by atoms with E-state index in [4.69, 9.17) is 11.1 Å². The fourth-order valence-corrected chi connectivity index (χ4v) is 0.858. The Morgan fingerprint density at radius 2 is 2.25 bits per heavy atom. The first-order valence-corrected chi connectivity index (χ1v) is 3.38. The number of nitrogens with two attached hydrogens (primary N) is 1. The van der Waals surface area contributed by atoms with Crippen LogP contribution < -0.4 is 11.1 Å². The number of rotatable bonds is 3. The van der Waals surface area contributed by atoms with Gasteiger partial charge in [-0.25, -0.2) is 0 Å². The molecule has 1 amide bonds. The van der Waals surface area contributed by atoms with E-state index in [-0.39, 0.29) is 0 Å². The number of carbonyl (C=O) groups excluding carboxylic acids is 1. The van der Waals surface area contributed by atoms with Crippen LogP contribution in [0, 0.1) is 5.41 Å². The first kappa shape index (κ1) is 8.26. The summed E-state index contributed by atoms with van der Waals surface area (Å²) in [5.74, 6) is 0. The Hall–Kier alpha value is -1.84. The summed E-state index contributed by atoms with van der Waals surface area (Å²) in [5.41, 5.74) is 7.29. The van der Waals surface area contributed by atoms with Crippen LogP contribution in [0.3, 0.4) is 0 Å². The van der Waals surface area contributed by atoms with Crippen molar-refractivity contribution in [3.8, 4) is 0 Å². The first-order chi connectivity index (χ1) is 5.77. The lowest BCUT2D eigenvalue weighted by Crippen LogP contribution is -1.97. The molecule has 4 nitrogen and oxygen atoms in total. The number of amides is 1. The Kier molecular flexibility index (Phi) is 2.42. The molecule has 0 heterocycles. The van der Waals surface area contributed by atoms with E-state index in [1.54, 1.807) is 18.2 Å². The quantitative estimate of drug-likeness (QED) is 0.350. The third-order valence-corrected chi connectivity index (χ3v) is 1.47. The van der Waals surface area contributed by atoms with Crippen molar-refractivity contribution in [3.05, 3.63) is 23.8 Å². The molecule has 0 unspecified atom stereocenters. The van der Waals surface area contributed by atoms with Gasteiger partial charge < -0.3 is 16.5 Å². The summed E-state index contributed by atoms with van der Waals surface area (Å²) in [6.45, 7) is 0. The van der Waals surface area contributed by atoms with Crippen molar-refractivity contribution in [1.29, 1.82) is 5.41 Å². The summed E-state index contributed by atoms with van der Waals surface area (Å²) in [4.78, 5) is 10.1. The molecule has 4 N–H and O–H groups in total. The van der Waals surface area contributed by atoms with E-state index in [9.17, 15) is 4.79 Å². The van der Waals surface area contributed by atoms with Crippen LogP contribution in [-0.2, 0) is 4.79 Å². The van der Waals surface area contributed by atoms with Crippen LogP contribution in [0.15, 0.2) is 18.2 Å². The minimum absolute atomic E-state index is 0.529. The summed E-state index contributed by atoms with van der Waals surface area (Å²) < 4.78 is 0. The molecule has 12 heavy (non-hydrogen) atoms. The Morgan fingerprint density at radius 1 is 1.50 bits per heavy atom. The predicted octanol–water partition coefficient (Wildman–Crippen LogP) is 0.835. The fraction of sp³-hybridized carbons (Fsp3) is 0. The fourth-order valence-electron chi connectivity index (χ4n) is 0.858.